The molecule has 1 N–H and O–H groups in total. The van der Waals surface area contributed by atoms with Crippen molar-refractivity contribution in [3.05, 3.63) is 65.3 Å². The van der Waals surface area contributed by atoms with Crippen molar-refractivity contribution in [1.29, 1.82) is 0 Å². The molecule has 0 atom stereocenters. The quantitative estimate of drug-likeness (QED) is 0.558. The van der Waals surface area contributed by atoms with Crippen molar-refractivity contribution in [2.75, 3.05) is 12.5 Å². The molecule has 0 amide bonds. The van der Waals surface area contributed by atoms with Crippen LogP contribution in [0, 0.1) is 5.82 Å². The number of para-hydroxylation sites is 1. The van der Waals surface area contributed by atoms with Crippen LogP contribution in [0.25, 0.3) is 11.3 Å². The zero-order valence-electron chi connectivity index (χ0n) is 12.4. The second-order valence-corrected chi connectivity index (χ2v) is 5.49. The topological polar surface area (TPSA) is 46.5 Å². The average molecular weight is 327 g/mol. The van der Waals surface area contributed by atoms with Gasteiger partial charge in [-0.05, 0) is 12.1 Å². The van der Waals surface area contributed by atoms with E-state index in [2.05, 4.69) is 15.5 Å². The number of nitrogens with one attached hydrogen (secondary N) is 1. The Morgan fingerprint density at radius 1 is 1.17 bits per heavy atom. The van der Waals surface area contributed by atoms with Crippen LogP contribution in [-0.4, -0.2) is 18.3 Å². The Kier molecular flexibility index (Phi) is 4.63. The molecule has 4 nitrogen and oxygen atoms in total. The Hall–Kier alpha value is -2.73. The maximum Gasteiger partial charge on any atom is 0.203 e. The smallest absolute Gasteiger partial charge is 0.203 e. The van der Waals surface area contributed by atoms with Gasteiger partial charge in [0.2, 0.25) is 5.13 Å². The Morgan fingerprint density at radius 3 is 2.78 bits per heavy atom. The molecule has 23 heavy (non-hydrogen) atoms. The van der Waals surface area contributed by atoms with Gasteiger partial charge in [0.15, 0.2) is 11.6 Å². The Morgan fingerprint density at radius 2 is 2.00 bits per heavy atom. The first-order valence-corrected chi connectivity index (χ1v) is 7.78. The molecule has 0 unspecified atom stereocenters. The van der Waals surface area contributed by atoms with E-state index < -0.39 is 5.82 Å². The van der Waals surface area contributed by atoms with Gasteiger partial charge in [-0.2, -0.15) is 5.10 Å². The number of anilines is 1. The van der Waals surface area contributed by atoms with Gasteiger partial charge in [0.1, 0.15) is 0 Å². The molecule has 1 aromatic heterocycles. The van der Waals surface area contributed by atoms with Crippen LogP contribution >= 0.6 is 11.3 Å². The first-order chi connectivity index (χ1) is 11.3. The van der Waals surface area contributed by atoms with Gasteiger partial charge in [-0.1, -0.05) is 36.4 Å². The van der Waals surface area contributed by atoms with E-state index >= 15 is 0 Å². The molecule has 3 aromatic rings. The summed E-state index contributed by atoms with van der Waals surface area (Å²) in [7, 11) is 1.43. The van der Waals surface area contributed by atoms with E-state index in [0.29, 0.717) is 10.7 Å². The molecule has 0 fully saturated rings. The molecule has 0 aliphatic rings. The summed E-state index contributed by atoms with van der Waals surface area (Å²) in [6, 6.07) is 14.6. The van der Waals surface area contributed by atoms with Crippen LogP contribution in [-0.2, 0) is 0 Å². The minimum Gasteiger partial charge on any atom is -0.493 e. The van der Waals surface area contributed by atoms with Crippen LogP contribution in [0.1, 0.15) is 5.56 Å². The van der Waals surface area contributed by atoms with E-state index in [-0.39, 0.29) is 5.75 Å². The summed E-state index contributed by atoms with van der Waals surface area (Å²) in [5.41, 5.74) is 5.34. The Balaban J connectivity index is 1.72. The van der Waals surface area contributed by atoms with Crippen molar-refractivity contribution in [2.45, 2.75) is 0 Å². The lowest BCUT2D eigenvalue weighted by Gasteiger charge is -2.04. The van der Waals surface area contributed by atoms with Crippen molar-refractivity contribution in [3.63, 3.8) is 0 Å². The predicted molar refractivity (Wildman–Crippen MR) is 91.7 cm³/mol. The number of benzene rings is 2. The van der Waals surface area contributed by atoms with Crippen molar-refractivity contribution in [1.82, 2.24) is 4.98 Å². The third-order valence-corrected chi connectivity index (χ3v) is 3.89. The number of ether oxygens (including phenoxy) is 1. The van der Waals surface area contributed by atoms with Crippen LogP contribution in [0.5, 0.6) is 5.75 Å². The highest BCUT2D eigenvalue weighted by Crippen LogP contribution is 2.25. The number of hydrazone groups is 1. The summed E-state index contributed by atoms with van der Waals surface area (Å²) in [5, 5.41) is 6.71. The molecular weight excluding hydrogens is 313 g/mol. The number of thiazole rings is 1. The highest BCUT2D eigenvalue weighted by Gasteiger charge is 2.06. The molecule has 0 radical (unpaired) electrons. The van der Waals surface area contributed by atoms with Crippen LogP contribution in [0.4, 0.5) is 9.52 Å². The van der Waals surface area contributed by atoms with Crippen molar-refractivity contribution in [3.8, 4) is 17.0 Å². The second-order valence-electron chi connectivity index (χ2n) is 4.64. The SMILES string of the molecule is COc1c(F)cccc1C=NNc1nc(-c2ccccc2)cs1. The molecule has 0 aliphatic carbocycles. The fourth-order valence-electron chi connectivity index (χ4n) is 2.07. The van der Waals surface area contributed by atoms with E-state index in [4.69, 9.17) is 4.74 Å². The van der Waals surface area contributed by atoms with E-state index in [1.807, 2.05) is 35.7 Å². The Labute approximate surface area is 137 Å². The summed E-state index contributed by atoms with van der Waals surface area (Å²) in [5.74, 6) is -0.251. The predicted octanol–water partition coefficient (Wildman–Crippen LogP) is 4.40. The molecule has 0 saturated heterocycles. The molecule has 0 aliphatic heterocycles. The third-order valence-electron chi connectivity index (χ3n) is 3.14. The molecule has 2 aromatic carbocycles. The summed E-state index contributed by atoms with van der Waals surface area (Å²) in [6.45, 7) is 0. The number of hydrogen-bond donors (Lipinski definition) is 1. The maximum absolute atomic E-state index is 13.6. The van der Waals surface area contributed by atoms with Crippen molar-refractivity contribution >= 4 is 22.7 Å². The minimum absolute atomic E-state index is 0.169. The molecule has 3 rings (SSSR count). The van der Waals surface area contributed by atoms with Gasteiger partial charge in [0, 0.05) is 16.5 Å². The summed E-state index contributed by atoms with van der Waals surface area (Å²) in [4.78, 5) is 4.46. The van der Waals surface area contributed by atoms with E-state index in [0.717, 1.165) is 11.3 Å². The van der Waals surface area contributed by atoms with Crippen molar-refractivity contribution < 1.29 is 9.13 Å². The monoisotopic (exact) mass is 327 g/mol. The van der Waals surface area contributed by atoms with E-state index in [9.17, 15) is 4.39 Å². The van der Waals surface area contributed by atoms with Gasteiger partial charge in [-0.25, -0.2) is 9.37 Å². The minimum atomic E-state index is -0.419. The van der Waals surface area contributed by atoms with E-state index in [1.165, 1.54) is 30.7 Å². The lowest BCUT2D eigenvalue weighted by Crippen LogP contribution is -1.96. The van der Waals surface area contributed by atoms with Gasteiger partial charge in [-0.3, -0.25) is 5.43 Å². The largest absolute Gasteiger partial charge is 0.493 e. The van der Waals surface area contributed by atoms with Crippen LogP contribution < -0.4 is 10.2 Å². The van der Waals surface area contributed by atoms with Gasteiger partial charge in [-0.15, -0.1) is 11.3 Å². The maximum atomic E-state index is 13.6. The van der Waals surface area contributed by atoms with Crippen LogP contribution in [0.2, 0.25) is 0 Å². The lowest BCUT2D eigenvalue weighted by molar-refractivity contribution is 0.386. The number of halogens is 1. The standard InChI is InChI=1S/C17H14FN3OS/c1-22-16-13(8-5-9-14(16)18)10-19-21-17-20-15(11-23-17)12-6-3-2-4-7-12/h2-11H,1H3,(H,20,21). The number of nitrogens with zero attached hydrogens (tertiary/aromatic N) is 2. The summed E-state index contributed by atoms with van der Waals surface area (Å²) >= 11 is 1.45. The van der Waals surface area contributed by atoms with Gasteiger partial charge in [0.25, 0.3) is 0 Å². The number of methoxy groups -OCH3 is 1. The average Bonchev–Trinajstić information content (AvgIpc) is 3.05. The zero-order valence-corrected chi connectivity index (χ0v) is 13.2. The lowest BCUT2D eigenvalue weighted by atomic mass is 10.2. The Bertz CT molecular complexity index is 818. The number of rotatable bonds is 5. The molecule has 6 heteroatoms. The fourth-order valence-corrected chi connectivity index (χ4v) is 2.73. The first kappa shape index (κ1) is 15.2. The normalized spacial score (nSPS) is 10.9. The number of aromatic nitrogens is 1. The molecular formula is C17H14FN3OS. The van der Waals surface area contributed by atoms with E-state index in [1.54, 1.807) is 12.1 Å². The summed E-state index contributed by atoms with van der Waals surface area (Å²) in [6.07, 6.45) is 1.51. The fraction of sp³-hybridized carbons (Fsp3) is 0.0588. The molecule has 116 valence electrons. The third kappa shape index (κ3) is 3.54. The van der Waals surface area contributed by atoms with Crippen LogP contribution in [0.3, 0.4) is 0 Å². The van der Waals surface area contributed by atoms with Crippen LogP contribution in [0.15, 0.2) is 59.0 Å². The molecule has 0 saturated carbocycles. The van der Waals surface area contributed by atoms with Crippen molar-refractivity contribution in [2.24, 2.45) is 5.10 Å². The molecule has 0 bridgehead atoms. The number of hydrogen-bond acceptors (Lipinski definition) is 5. The zero-order chi connectivity index (χ0) is 16.1. The molecule has 1 heterocycles. The molecule has 0 spiro atoms. The highest BCUT2D eigenvalue weighted by atomic mass is 32.1. The van der Waals surface area contributed by atoms with Gasteiger partial charge in [0.05, 0.1) is 19.0 Å². The van der Waals surface area contributed by atoms with Gasteiger partial charge < -0.3 is 4.74 Å². The second kappa shape index (κ2) is 7.02. The summed E-state index contributed by atoms with van der Waals surface area (Å²) < 4.78 is 18.6. The highest BCUT2D eigenvalue weighted by molar-refractivity contribution is 7.14. The van der Waals surface area contributed by atoms with Gasteiger partial charge >= 0.3 is 0 Å². The first-order valence-electron chi connectivity index (χ1n) is 6.90.